The van der Waals surface area contributed by atoms with Crippen molar-refractivity contribution < 1.29 is 22.4 Å². The van der Waals surface area contributed by atoms with Gasteiger partial charge in [0.2, 0.25) is 10.0 Å². The van der Waals surface area contributed by atoms with Crippen LogP contribution in [0.1, 0.15) is 46.2 Å². The third-order valence-electron chi connectivity index (χ3n) is 6.46. The number of amides is 1. The normalized spacial score (nSPS) is 14.4. The van der Waals surface area contributed by atoms with Gasteiger partial charge in [-0.15, -0.1) is 0 Å². The lowest BCUT2D eigenvalue weighted by Gasteiger charge is -2.18. The number of methoxy groups -OCH3 is 1. The van der Waals surface area contributed by atoms with Crippen LogP contribution in [-0.4, -0.2) is 53.4 Å². The highest BCUT2D eigenvalue weighted by Gasteiger charge is 2.31. The summed E-state index contributed by atoms with van der Waals surface area (Å²) in [7, 11) is -2.35. The van der Waals surface area contributed by atoms with Crippen LogP contribution in [0.4, 0.5) is 0 Å². The molecule has 0 unspecified atom stereocenters. The number of carbonyl (C=O) groups excluding carboxylic acids is 1. The van der Waals surface area contributed by atoms with Crippen molar-refractivity contribution in [1.29, 1.82) is 0 Å². The number of hydrogen-bond acceptors (Lipinski definition) is 7. The molecule has 37 heavy (non-hydrogen) atoms. The van der Waals surface area contributed by atoms with Gasteiger partial charge in [-0.1, -0.05) is 6.07 Å². The van der Waals surface area contributed by atoms with Crippen molar-refractivity contribution in [1.82, 2.24) is 24.2 Å². The van der Waals surface area contributed by atoms with E-state index in [1.54, 1.807) is 28.8 Å². The SMILES string of the molecule is COc1ccc(-c2c(C(=O)NCc3ccc(C)o3)nn3c(C)cc(C)nc23)cc1S(=O)(=O)N1CCCC1. The van der Waals surface area contributed by atoms with Gasteiger partial charge in [0.15, 0.2) is 11.3 Å². The Balaban J connectivity index is 1.65. The lowest BCUT2D eigenvalue weighted by atomic mass is 10.0. The minimum atomic E-state index is -3.79. The third kappa shape index (κ3) is 4.60. The molecule has 11 heteroatoms. The summed E-state index contributed by atoms with van der Waals surface area (Å²) in [5.41, 5.74) is 3.10. The average molecular weight is 524 g/mol. The van der Waals surface area contributed by atoms with Crippen molar-refractivity contribution in [2.45, 2.75) is 45.1 Å². The lowest BCUT2D eigenvalue weighted by molar-refractivity contribution is 0.0943. The highest BCUT2D eigenvalue weighted by atomic mass is 32.2. The molecule has 0 radical (unpaired) electrons. The average Bonchev–Trinajstić information content (AvgIpc) is 3.62. The number of aromatic nitrogens is 3. The lowest BCUT2D eigenvalue weighted by Crippen LogP contribution is -2.28. The van der Waals surface area contributed by atoms with Crippen LogP contribution in [0.2, 0.25) is 0 Å². The number of hydrogen-bond donors (Lipinski definition) is 1. The maximum Gasteiger partial charge on any atom is 0.272 e. The first-order valence-electron chi connectivity index (χ1n) is 12.1. The molecule has 3 aromatic heterocycles. The van der Waals surface area contributed by atoms with Gasteiger partial charge in [0.1, 0.15) is 22.2 Å². The summed E-state index contributed by atoms with van der Waals surface area (Å²) in [6.45, 7) is 6.68. The summed E-state index contributed by atoms with van der Waals surface area (Å²) in [5, 5.41) is 7.44. The van der Waals surface area contributed by atoms with E-state index in [9.17, 15) is 13.2 Å². The summed E-state index contributed by atoms with van der Waals surface area (Å²) in [6, 6.07) is 10.4. The topological polar surface area (TPSA) is 119 Å². The van der Waals surface area contributed by atoms with Crippen LogP contribution in [0.5, 0.6) is 5.75 Å². The second-order valence-electron chi connectivity index (χ2n) is 9.17. The quantitative estimate of drug-likeness (QED) is 0.393. The van der Waals surface area contributed by atoms with Gasteiger partial charge in [0, 0.05) is 24.5 Å². The predicted molar refractivity (Wildman–Crippen MR) is 137 cm³/mol. The molecule has 1 amide bonds. The van der Waals surface area contributed by atoms with Gasteiger partial charge in [-0.25, -0.2) is 17.9 Å². The molecule has 4 heterocycles. The zero-order valence-corrected chi connectivity index (χ0v) is 22.1. The van der Waals surface area contributed by atoms with Crippen LogP contribution in [0, 0.1) is 20.8 Å². The van der Waals surface area contributed by atoms with E-state index in [0.717, 1.165) is 30.0 Å². The number of benzene rings is 1. The molecule has 4 aromatic rings. The monoisotopic (exact) mass is 523 g/mol. The Bertz CT molecular complexity index is 1600. The van der Waals surface area contributed by atoms with E-state index < -0.39 is 15.9 Å². The molecule has 1 aliphatic heterocycles. The number of sulfonamides is 1. The van der Waals surface area contributed by atoms with Crippen molar-refractivity contribution in [2.75, 3.05) is 20.2 Å². The summed E-state index contributed by atoms with van der Waals surface area (Å²) >= 11 is 0. The molecule has 194 valence electrons. The van der Waals surface area contributed by atoms with Crippen LogP contribution < -0.4 is 10.1 Å². The Morgan fingerprint density at radius 2 is 1.86 bits per heavy atom. The largest absolute Gasteiger partial charge is 0.495 e. The molecule has 10 nitrogen and oxygen atoms in total. The van der Waals surface area contributed by atoms with Crippen LogP contribution in [0.25, 0.3) is 16.8 Å². The number of aryl methyl sites for hydroxylation is 3. The molecule has 0 saturated carbocycles. The van der Waals surface area contributed by atoms with Crippen LogP contribution in [0.3, 0.4) is 0 Å². The number of nitrogens with zero attached hydrogens (tertiary/aromatic N) is 4. The van der Waals surface area contributed by atoms with Gasteiger partial charge in [-0.05, 0) is 69.5 Å². The summed E-state index contributed by atoms with van der Waals surface area (Å²) < 4.78 is 41.1. The number of nitrogens with one attached hydrogen (secondary N) is 1. The van der Waals surface area contributed by atoms with E-state index in [1.807, 2.05) is 32.9 Å². The first-order valence-corrected chi connectivity index (χ1v) is 13.5. The molecule has 1 saturated heterocycles. The van der Waals surface area contributed by atoms with Gasteiger partial charge in [-0.2, -0.15) is 9.40 Å². The zero-order chi connectivity index (χ0) is 26.3. The van der Waals surface area contributed by atoms with Gasteiger partial charge < -0.3 is 14.5 Å². The molecule has 1 fully saturated rings. The van der Waals surface area contributed by atoms with E-state index in [4.69, 9.17) is 9.15 Å². The van der Waals surface area contributed by atoms with E-state index in [-0.39, 0.29) is 22.9 Å². The Labute approximate surface area is 215 Å². The van der Waals surface area contributed by atoms with Crippen molar-refractivity contribution in [2.24, 2.45) is 0 Å². The zero-order valence-electron chi connectivity index (χ0n) is 21.2. The number of furan rings is 1. The number of ether oxygens (including phenoxy) is 1. The van der Waals surface area contributed by atoms with E-state index in [0.29, 0.717) is 35.6 Å². The molecule has 1 aliphatic rings. The van der Waals surface area contributed by atoms with Gasteiger partial charge in [0.25, 0.3) is 5.91 Å². The minimum Gasteiger partial charge on any atom is -0.495 e. The summed E-state index contributed by atoms with van der Waals surface area (Å²) in [4.78, 5) is 18.1. The molecular formula is C26H29N5O5S. The highest BCUT2D eigenvalue weighted by Crippen LogP contribution is 2.36. The van der Waals surface area contributed by atoms with Gasteiger partial charge in [0.05, 0.1) is 19.2 Å². The highest BCUT2D eigenvalue weighted by molar-refractivity contribution is 7.89. The minimum absolute atomic E-state index is 0.0514. The second-order valence-corrected chi connectivity index (χ2v) is 11.1. The smallest absolute Gasteiger partial charge is 0.272 e. The Morgan fingerprint density at radius 1 is 1.11 bits per heavy atom. The second kappa shape index (κ2) is 9.64. The van der Waals surface area contributed by atoms with E-state index in [2.05, 4.69) is 15.4 Å². The third-order valence-corrected chi connectivity index (χ3v) is 8.38. The molecule has 1 N–H and O–H groups in total. The molecule has 1 aromatic carbocycles. The molecule has 0 aliphatic carbocycles. The van der Waals surface area contributed by atoms with Gasteiger partial charge >= 0.3 is 0 Å². The van der Waals surface area contributed by atoms with Crippen LogP contribution in [0.15, 0.2) is 45.7 Å². The summed E-state index contributed by atoms with van der Waals surface area (Å²) in [6.07, 6.45) is 1.63. The summed E-state index contributed by atoms with van der Waals surface area (Å²) in [5.74, 6) is 1.18. The maximum absolute atomic E-state index is 13.5. The van der Waals surface area contributed by atoms with Crippen molar-refractivity contribution in [3.05, 3.63) is 65.0 Å². The van der Waals surface area contributed by atoms with Crippen molar-refractivity contribution in [3.8, 4) is 16.9 Å². The number of carbonyl (C=O) groups is 1. The molecule has 0 bridgehead atoms. The molecule has 5 rings (SSSR count). The first-order chi connectivity index (χ1) is 17.7. The van der Waals surface area contributed by atoms with E-state index in [1.165, 1.54) is 11.4 Å². The Hall–Kier alpha value is -3.70. The van der Waals surface area contributed by atoms with Gasteiger partial charge in [-0.3, -0.25) is 4.79 Å². The maximum atomic E-state index is 13.5. The molecule has 0 atom stereocenters. The van der Waals surface area contributed by atoms with E-state index >= 15 is 0 Å². The Morgan fingerprint density at radius 3 is 2.54 bits per heavy atom. The number of rotatable bonds is 7. The Kier molecular flexibility index (Phi) is 6.50. The molecular weight excluding hydrogens is 494 g/mol. The fourth-order valence-electron chi connectivity index (χ4n) is 4.68. The predicted octanol–water partition coefficient (Wildman–Crippen LogP) is 3.64. The first kappa shape index (κ1) is 25.0. The van der Waals surface area contributed by atoms with Crippen LogP contribution in [-0.2, 0) is 16.6 Å². The number of fused-ring (bicyclic) bond motifs is 1. The van der Waals surface area contributed by atoms with Crippen LogP contribution >= 0.6 is 0 Å². The standard InChI is InChI=1S/C26H29N5O5S/c1-16-13-17(2)31-25(28-16)23(24(29-31)26(32)27-15-20-9-7-18(3)36-20)19-8-10-21(35-4)22(14-19)37(33,34)30-11-5-6-12-30/h7-10,13-14H,5-6,11-12,15H2,1-4H3,(H,27,32). The fourth-order valence-corrected chi connectivity index (χ4v) is 6.38. The fraction of sp³-hybridized carbons (Fsp3) is 0.346. The molecule has 0 spiro atoms. The van der Waals surface area contributed by atoms with Crippen molar-refractivity contribution >= 4 is 21.6 Å². The van der Waals surface area contributed by atoms with Crippen molar-refractivity contribution in [3.63, 3.8) is 0 Å².